The zero-order chi connectivity index (χ0) is 24.6. The highest BCUT2D eigenvalue weighted by atomic mass is 16.6. The zero-order valence-electron chi connectivity index (χ0n) is 19.9. The van der Waals surface area contributed by atoms with Crippen LogP contribution in [0.1, 0.15) is 55.8 Å². The van der Waals surface area contributed by atoms with Gasteiger partial charge in [0, 0.05) is 37.7 Å². The van der Waals surface area contributed by atoms with E-state index in [4.69, 9.17) is 4.74 Å². The van der Waals surface area contributed by atoms with Crippen LogP contribution in [0, 0.1) is 0 Å². The largest absolute Gasteiger partial charge is 0.513 e. The number of hydrogen-bond acceptors (Lipinski definition) is 4. The fourth-order valence-corrected chi connectivity index (χ4v) is 4.98. The molecule has 35 heavy (non-hydrogen) atoms. The summed E-state index contributed by atoms with van der Waals surface area (Å²) in [5, 5.41) is 9.93. The monoisotopic (exact) mass is 470 g/mol. The minimum absolute atomic E-state index is 0.0106. The summed E-state index contributed by atoms with van der Waals surface area (Å²) in [6.07, 6.45) is 4.33. The number of ether oxygens (including phenoxy) is 1. The number of hydrogen-bond donors (Lipinski definition) is 1. The Morgan fingerprint density at radius 3 is 2.40 bits per heavy atom. The summed E-state index contributed by atoms with van der Waals surface area (Å²) in [5.74, 6) is -0.0106. The van der Waals surface area contributed by atoms with Crippen molar-refractivity contribution in [1.29, 1.82) is 0 Å². The lowest BCUT2D eigenvalue weighted by Gasteiger charge is -2.43. The second-order valence-electron chi connectivity index (χ2n) is 9.60. The van der Waals surface area contributed by atoms with E-state index in [-0.39, 0.29) is 23.8 Å². The number of aliphatic hydroxyl groups excluding tert-OH is 1. The maximum atomic E-state index is 13.2. The fourth-order valence-electron chi connectivity index (χ4n) is 4.98. The first-order valence-corrected chi connectivity index (χ1v) is 12.1. The zero-order valence-corrected chi connectivity index (χ0v) is 19.9. The van der Waals surface area contributed by atoms with E-state index in [0.29, 0.717) is 19.0 Å². The topological polar surface area (TPSA) is 71.8 Å². The van der Waals surface area contributed by atoms with Crippen LogP contribution in [0.4, 0.5) is 4.79 Å². The number of benzene rings is 2. The molecule has 0 bridgehead atoms. The van der Waals surface area contributed by atoms with Crippen LogP contribution in [-0.4, -0.2) is 27.2 Å². The van der Waals surface area contributed by atoms with E-state index >= 15 is 0 Å². The predicted octanol–water partition coefficient (Wildman–Crippen LogP) is 6.11. The molecule has 1 saturated carbocycles. The standard InChI is InChI=1S/C29H30N2O4/c1-20(32)19-29(25-6-4-3-5-7-25)15-17-30(28(34)35-29)21(2)22-8-10-23(11-9-22)24-14-16-31(26-12-13-26)27(33)18-24/h3-11,14,16,18,21,26,32H,1,12-13,15,17,19H2,2H3/t21-,29?/m0/s1. The van der Waals surface area contributed by atoms with E-state index in [2.05, 4.69) is 6.58 Å². The first-order chi connectivity index (χ1) is 16.9. The average Bonchev–Trinajstić information content (AvgIpc) is 3.69. The van der Waals surface area contributed by atoms with Gasteiger partial charge in [0.25, 0.3) is 5.56 Å². The van der Waals surface area contributed by atoms with Crippen molar-refractivity contribution in [2.45, 2.75) is 50.3 Å². The lowest BCUT2D eigenvalue weighted by molar-refractivity contribution is -0.0645. The van der Waals surface area contributed by atoms with Crippen molar-refractivity contribution in [2.24, 2.45) is 0 Å². The molecule has 1 aromatic heterocycles. The van der Waals surface area contributed by atoms with Crippen LogP contribution in [0.5, 0.6) is 0 Å². The van der Waals surface area contributed by atoms with E-state index in [0.717, 1.165) is 35.1 Å². The number of rotatable bonds is 7. The summed E-state index contributed by atoms with van der Waals surface area (Å²) in [6, 6.07) is 21.3. The summed E-state index contributed by atoms with van der Waals surface area (Å²) in [6.45, 7) is 6.10. The SMILES string of the molecule is C=C(O)CC1(c2ccccc2)CCN([C@@H](C)c2ccc(-c3ccn(C4CC4)c(=O)c3)cc2)C(=O)O1. The normalized spacial score (nSPS) is 20.8. The highest BCUT2D eigenvalue weighted by Gasteiger charge is 2.44. The van der Waals surface area contributed by atoms with Crippen LogP contribution in [0.15, 0.2) is 90.1 Å². The molecule has 1 amide bonds. The molecule has 6 nitrogen and oxygen atoms in total. The van der Waals surface area contributed by atoms with Crippen molar-refractivity contribution in [1.82, 2.24) is 9.47 Å². The Labute approximate surface area is 205 Å². The van der Waals surface area contributed by atoms with Crippen LogP contribution in [-0.2, 0) is 10.3 Å². The van der Waals surface area contributed by atoms with Crippen LogP contribution in [0.3, 0.4) is 0 Å². The van der Waals surface area contributed by atoms with Gasteiger partial charge in [0.05, 0.1) is 11.8 Å². The molecule has 5 rings (SSSR count). The van der Waals surface area contributed by atoms with Gasteiger partial charge in [-0.15, -0.1) is 0 Å². The highest BCUT2D eigenvalue weighted by molar-refractivity contribution is 5.70. The molecule has 1 aliphatic heterocycles. The number of pyridine rings is 1. The second-order valence-corrected chi connectivity index (χ2v) is 9.60. The molecule has 1 saturated heterocycles. The summed E-state index contributed by atoms with van der Waals surface area (Å²) in [4.78, 5) is 27.3. The number of cyclic esters (lactones) is 1. The number of nitrogens with zero attached hydrogens (tertiary/aromatic N) is 2. The Hall–Kier alpha value is -3.80. The molecule has 2 heterocycles. The average molecular weight is 471 g/mol. The van der Waals surface area contributed by atoms with Crippen LogP contribution < -0.4 is 5.56 Å². The smallest absolute Gasteiger partial charge is 0.411 e. The molecule has 3 aromatic rings. The van der Waals surface area contributed by atoms with Gasteiger partial charge in [0.2, 0.25) is 0 Å². The summed E-state index contributed by atoms with van der Waals surface area (Å²) < 4.78 is 7.81. The van der Waals surface area contributed by atoms with Crippen molar-refractivity contribution in [2.75, 3.05) is 6.54 Å². The third-order valence-electron chi connectivity index (χ3n) is 7.15. The Bertz CT molecular complexity index is 1290. The molecule has 2 atom stereocenters. The van der Waals surface area contributed by atoms with E-state index in [1.807, 2.05) is 78.4 Å². The van der Waals surface area contributed by atoms with Crippen molar-refractivity contribution in [3.63, 3.8) is 0 Å². The number of aliphatic hydroxyl groups is 1. The van der Waals surface area contributed by atoms with Gasteiger partial charge in [-0.2, -0.15) is 0 Å². The molecule has 0 radical (unpaired) electrons. The van der Waals surface area contributed by atoms with Crippen LogP contribution >= 0.6 is 0 Å². The van der Waals surface area contributed by atoms with Crippen molar-refractivity contribution in [3.05, 3.63) is 107 Å². The van der Waals surface area contributed by atoms with Crippen molar-refractivity contribution in [3.8, 4) is 11.1 Å². The molecular formula is C29H30N2O4. The second kappa shape index (κ2) is 9.10. The Morgan fingerprint density at radius 2 is 1.80 bits per heavy atom. The first-order valence-electron chi connectivity index (χ1n) is 12.1. The van der Waals surface area contributed by atoms with Gasteiger partial charge >= 0.3 is 6.09 Å². The first kappa shape index (κ1) is 23.0. The quantitative estimate of drug-likeness (QED) is 0.423. The van der Waals surface area contributed by atoms with Gasteiger partial charge < -0.3 is 19.3 Å². The van der Waals surface area contributed by atoms with Crippen LogP contribution in [0.2, 0.25) is 0 Å². The number of amides is 1. The van der Waals surface area contributed by atoms with Gasteiger partial charge in [-0.3, -0.25) is 4.79 Å². The third kappa shape index (κ3) is 4.61. The van der Waals surface area contributed by atoms with Gasteiger partial charge in [0.15, 0.2) is 0 Å². The molecule has 1 unspecified atom stereocenters. The minimum Gasteiger partial charge on any atom is -0.513 e. The van der Waals surface area contributed by atoms with E-state index < -0.39 is 11.7 Å². The summed E-state index contributed by atoms with van der Waals surface area (Å²) in [7, 11) is 0. The Morgan fingerprint density at radius 1 is 1.09 bits per heavy atom. The number of carbonyl (C=O) groups excluding carboxylic acids is 1. The van der Waals surface area contributed by atoms with Gasteiger partial charge in [-0.05, 0) is 48.1 Å². The molecule has 2 aromatic carbocycles. The van der Waals surface area contributed by atoms with Gasteiger partial charge in [0.1, 0.15) is 5.60 Å². The molecule has 180 valence electrons. The lowest BCUT2D eigenvalue weighted by Crippen LogP contribution is -2.48. The van der Waals surface area contributed by atoms with E-state index in [1.165, 1.54) is 0 Å². The minimum atomic E-state index is -0.926. The summed E-state index contributed by atoms with van der Waals surface area (Å²) in [5.41, 5.74) is 2.79. The maximum absolute atomic E-state index is 13.2. The Kier molecular flexibility index (Phi) is 5.97. The molecule has 2 aliphatic rings. The van der Waals surface area contributed by atoms with E-state index in [9.17, 15) is 14.7 Å². The fraction of sp³-hybridized carbons (Fsp3) is 0.310. The molecule has 1 aliphatic carbocycles. The molecule has 1 N–H and O–H groups in total. The highest BCUT2D eigenvalue weighted by Crippen LogP contribution is 2.41. The number of carbonyl (C=O) groups is 1. The molecule has 2 fully saturated rings. The predicted molar refractivity (Wildman–Crippen MR) is 135 cm³/mol. The molecule has 6 heteroatoms. The van der Waals surface area contributed by atoms with Gasteiger partial charge in [-0.1, -0.05) is 61.2 Å². The molecule has 0 spiro atoms. The maximum Gasteiger partial charge on any atom is 0.411 e. The van der Waals surface area contributed by atoms with Gasteiger partial charge in [-0.25, -0.2) is 4.79 Å². The third-order valence-corrected chi connectivity index (χ3v) is 7.15. The Balaban J connectivity index is 1.32. The van der Waals surface area contributed by atoms with E-state index in [1.54, 1.807) is 11.0 Å². The van der Waals surface area contributed by atoms with Crippen LogP contribution in [0.25, 0.3) is 11.1 Å². The lowest BCUT2D eigenvalue weighted by atomic mass is 9.85. The molecular weight excluding hydrogens is 440 g/mol. The van der Waals surface area contributed by atoms with Crippen molar-refractivity contribution < 1.29 is 14.6 Å². The number of aromatic nitrogens is 1. The van der Waals surface area contributed by atoms with Crippen molar-refractivity contribution >= 4 is 6.09 Å². The summed E-state index contributed by atoms with van der Waals surface area (Å²) >= 11 is 0.